The Hall–Kier alpha value is -3.02. The van der Waals surface area contributed by atoms with Crippen molar-refractivity contribution < 1.29 is 6.22 Å². The third kappa shape index (κ3) is 4.00. The molecule has 2 heterocycles. The van der Waals surface area contributed by atoms with Crippen molar-refractivity contribution in [3.05, 3.63) is 66.4 Å². The number of hydrogen-bond acceptors (Lipinski definition) is 4. The summed E-state index contributed by atoms with van der Waals surface area (Å²) in [5.41, 5.74) is 2.12. The number of carbonyl (C=O) groups excluding carboxylic acids is 1. The molecule has 0 saturated heterocycles. The van der Waals surface area contributed by atoms with Crippen LogP contribution in [-0.2, 0) is 0 Å². The molecule has 1 N–H and O–H groups in total. The molecule has 1 amide bonds. The van der Waals surface area contributed by atoms with E-state index in [1.54, 1.807) is 22.8 Å². The third-order valence-electron chi connectivity index (χ3n) is 3.04. The number of carbonyl (C=O) groups is 1. The van der Waals surface area contributed by atoms with Gasteiger partial charge in [0.2, 0.25) is 0 Å². The number of pyridine rings is 1. The van der Waals surface area contributed by atoms with Gasteiger partial charge in [-0.2, -0.15) is 0 Å². The number of aryl methyl sites for hydroxylation is 1. The lowest BCUT2D eigenvalue weighted by molar-refractivity contribution is 0.102. The van der Waals surface area contributed by atoms with Crippen molar-refractivity contribution >= 4 is 11.6 Å². The van der Waals surface area contributed by atoms with Gasteiger partial charge in [0.25, 0.3) is 5.91 Å². The Balaban J connectivity index is 0.000000925. The van der Waals surface area contributed by atoms with Gasteiger partial charge in [0, 0.05) is 7.11 Å². The SMILES string of the molecule is CC.Cc1ccccc1NC(=O)c1cccc(-n2cnnc2)n1.[HH]. The van der Waals surface area contributed by atoms with Gasteiger partial charge in [-0.1, -0.05) is 38.1 Å². The van der Waals surface area contributed by atoms with E-state index in [0.717, 1.165) is 11.3 Å². The summed E-state index contributed by atoms with van der Waals surface area (Å²) in [6, 6.07) is 12.8. The lowest BCUT2D eigenvalue weighted by atomic mass is 10.2. The van der Waals surface area contributed by atoms with Crippen molar-refractivity contribution in [1.29, 1.82) is 0 Å². The molecule has 0 aliphatic rings. The van der Waals surface area contributed by atoms with Crippen LogP contribution in [0.1, 0.15) is 31.3 Å². The number of amides is 1. The summed E-state index contributed by atoms with van der Waals surface area (Å²) >= 11 is 0. The summed E-state index contributed by atoms with van der Waals surface area (Å²) in [4.78, 5) is 16.6. The quantitative estimate of drug-likeness (QED) is 0.803. The van der Waals surface area contributed by atoms with Crippen molar-refractivity contribution in [2.24, 2.45) is 0 Å². The van der Waals surface area contributed by atoms with Gasteiger partial charge >= 0.3 is 0 Å². The number of nitrogens with one attached hydrogen (secondary N) is 1. The first-order valence-electron chi connectivity index (χ1n) is 7.43. The van der Waals surface area contributed by atoms with Crippen LogP contribution in [0.25, 0.3) is 5.82 Å². The summed E-state index contributed by atoms with van der Waals surface area (Å²) in [6.07, 6.45) is 3.07. The molecule has 0 atom stereocenters. The Kier molecular flexibility index (Phi) is 5.57. The minimum Gasteiger partial charge on any atom is -0.320 e. The molecule has 6 heteroatoms. The molecule has 0 bridgehead atoms. The van der Waals surface area contributed by atoms with Crippen molar-refractivity contribution in [2.45, 2.75) is 20.8 Å². The van der Waals surface area contributed by atoms with E-state index in [1.165, 1.54) is 12.7 Å². The van der Waals surface area contributed by atoms with Gasteiger partial charge in [0.05, 0.1) is 0 Å². The molecular weight excluding hydrogens is 290 g/mol. The molecule has 0 saturated carbocycles. The molecule has 3 aromatic rings. The first kappa shape index (κ1) is 16.4. The zero-order valence-electron chi connectivity index (χ0n) is 13.4. The van der Waals surface area contributed by atoms with Crippen LogP contribution < -0.4 is 5.32 Å². The highest BCUT2D eigenvalue weighted by Gasteiger charge is 2.10. The summed E-state index contributed by atoms with van der Waals surface area (Å²) in [6.45, 7) is 5.94. The Morgan fingerprint density at radius 2 is 1.74 bits per heavy atom. The highest BCUT2D eigenvalue weighted by molar-refractivity contribution is 6.03. The molecule has 0 spiro atoms. The van der Waals surface area contributed by atoms with Gasteiger partial charge in [0.15, 0.2) is 0 Å². The normalized spacial score (nSPS) is 9.70. The molecule has 0 fully saturated rings. The van der Waals surface area contributed by atoms with Crippen LogP contribution in [0.2, 0.25) is 0 Å². The maximum atomic E-state index is 12.3. The van der Waals surface area contributed by atoms with Gasteiger partial charge in [-0.15, -0.1) is 10.2 Å². The predicted molar refractivity (Wildman–Crippen MR) is 91.7 cm³/mol. The molecule has 0 radical (unpaired) electrons. The average molecular weight is 311 g/mol. The van der Waals surface area contributed by atoms with Gasteiger partial charge in [-0.05, 0) is 30.7 Å². The molecular formula is C17H21N5O. The Morgan fingerprint density at radius 3 is 2.43 bits per heavy atom. The molecule has 6 nitrogen and oxygen atoms in total. The minimum absolute atomic E-state index is 0. The van der Waals surface area contributed by atoms with E-state index >= 15 is 0 Å². The number of aromatic nitrogens is 4. The average Bonchev–Trinajstić information content (AvgIpc) is 3.13. The monoisotopic (exact) mass is 311 g/mol. The van der Waals surface area contributed by atoms with Gasteiger partial charge in [-0.25, -0.2) is 4.98 Å². The standard InChI is InChI=1S/C15H13N5O.C2H6.H2/c1-11-5-2-3-6-12(11)19-15(21)13-7-4-8-14(18-13)20-9-16-17-10-20;1-2;/h2-10H,1H3,(H,19,21);1-2H3;1H. The van der Waals surface area contributed by atoms with Crippen LogP contribution in [0.15, 0.2) is 55.1 Å². The van der Waals surface area contributed by atoms with Crippen LogP contribution in [0.3, 0.4) is 0 Å². The first-order chi connectivity index (χ1) is 11.2. The lowest BCUT2D eigenvalue weighted by Crippen LogP contribution is -2.15. The molecule has 0 unspecified atom stereocenters. The molecule has 120 valence electrons. The van der Waals surface area contributed by atoms with E-state index in [0.29, 0.717) is 11.5 Å². The second kappa shape index (κ2) is 7.84. The fourth-order valence-electron chi connectivity index (χ4n) is 1.91. The largest absolute Gasteiger partial charge is 0.320 e. The van der Waals surface area contributed by atoms with E-state index in [9.17, 15) is 4.79 Å². The highest BCUT2D eigenvalue weighted by atomic mass is 16.1. The molecule has 3 rings (SSSR count). The van der Waals surface area contributed by atoms with E-state index in [4.69, 9.17) is 0 Å². The van der Waals surface area contributed by atoms with Crippen molar-refractivity contribution in [2.75, 3.05) is 5.32 Å². The van der Waals surface area contributed by atoms with E-state index < -0.39 is 0 Å². The zero-order chi connectivity index (χ0) is 16.7. The smallest absolute Gasteiger partial charge is 0.274 e. The van der Waals surface area contributed by atoms with E-state index in [-0.39, 0.29) is 7.33 Å². The molecule has 23 heavy (non-hydrogen) atoms. The number of para-hydroxylation sites is 1. The maximum Gasteiger partial charge on any atom is 0.274 e. The highest BCUT2D eigenvalue weighted by Crippen LogP contribution is 2.14. The summed E-state index contributed by atoms with van der Waals surface area (Å²) in [5, 5.41) is 10.3. The number of rotatable bonds is 3. The van der Waals surface area contributed by atoms with Crippen LogP contribution in [0.4, 0.5) is 5.69 Å². The van der Waals surface area contributed by atoms with Crippen LogP contribution in [0.5, 0.6) is 0 Å². The molecule has 2 aromatic heterocycles. The zero-order valence-corrected chi connectivity index (χ0v) is 13.4. The van der Waals surface area contributed by atoms with E-state index in [2.05, 4.69) is 20.5 Å². The van der Waals surface area contributed by atoms with Crippen LogP contribution in [0, 0.1) is 6.92 Å². The Labute approximate surface area is 136 Å². The number of hydrogen-bond donors (Lipinski definition) is 1. The van der Waals surface area contributed by atoms with Crippen molar-refractivity contribution in [3.63, 3.8) is 0 Å². The first-order valence-corrected chi connectivity index (χ1v) is 7.43. The second-order valence-corrected chi connectivity index (χ2v) is 4.52. The summed E-state index contributed by atoms with van der Waals surface area (Å²) in [7, 11) is 0. The second-order valence-electron chi connectivity index (χ2n) is 4.52. The minimum atomic E-state index is -0.251. The number of nitrogens with zero attached hydrogens (tertiary/aromatic N) is 4. The number of benzene rings is 1. The maximum absolute atomic E-state index is 12.3. The fourth-order valence-corrected chi connectivity index (χ4v) is 1.91. The van der Waals surface area contributed by atoms with Gasteiger partial charge in [-0.3, -0.25) is 9.36 Å². The van der Waals surface area contributed by atoms with Crippen LogP contribution in [-0.4, -0.2) is 25.7 Å². The fraction of sp³-hybridized carbons (Fsp3) is 0.176. The summed E-state index contributed by atoms with van der Waals surface area (Å²) in [5.74, 6) is 0.344. The Bertz CT molecular complexity index is 774. The van der Waals surface area contributed by atoms with Crippen LogP contribution >= 0.6 is 0 Å². The number of anilines is 1. The summed E-state index contributed by atoms with van der Waals surface area (Å²) < 4.78 is 1.64. The Morgan fingerprint density at radius 1 is 1.04 bits per heavy atom. The van der Waals surface area contributed by atoms with Gasteiger partial charge < -0.3 is 5.32 Å². The lowest BCUT2D eigenvalue weighted by Gasteiger charge is -2.08. The van der Waals surface area contributed by atoms with Crippen molar-refractivity contribution in [1.82, 2.24) is 19.7 Å². The van der Waals surface area contributed by atoms with Gasteiger partial charge in [0.1, 0.15) is 24.2 Å². The third-order valence-corrected chi connectivity index (χ3v) is 3.04. The molecule has 0 aliphatic heterocycles. The molecule has 1 aromatic carbocycles. The van der Waals surface area contributed by atoms with Crippen molar-refractivity contribution in [3.8, 4) is 5.82 Å². The van der Waals surface area contributed by atoms with E-state index in [1.807, 2.05) is 45.0 Å². The molecule has 0 aliphatic carbocycles. The predicted octanol–water partition coefficient (Wildman–Crippen LogP) is 3.50. The topological polar surface area (TPSA) is 72.7 Å².